The van der Waals surface area contributed by atoms with Crippen LogP contribution in [0.2, 0.25) is 0 Å². The summed E-state index contributed by atoms with van der Waals surface area (Å²) in [5.74, 6) is 0. The number of alkyl halides is 2. The van der Waals surface area contributed by atoms with Crippen molar-refractivity contribution in [3.63, 3.8) is 0 Å². The number of halogens is 2. The zero-order chi connectivity index (χ0) is 10.6. The molecule has 5 nitrogen and oxygen atoms in total. The molecule has 0 N–H and O–H groups in total. The van der Waals surface area contributed by atoms with E-state index in [1.165, 1.54) is 0 Å². The summed E-state index contributed by atoms with van der Waals surface area (Å²) in [7, 11) is -2.14. The molecule has 8 heteroatoms. The fourth-order valence-corrected chi connectivity index (χ4v) is 1.28. The van der Waals surface area contributed by atoms with Crippen molar-refractivity contribution in [3.8, 4) is 0 Å². The van der Waals surface area contributed by atoms with Gasteiger partial charge in [-0.05, 0) is 0 Å². The molecule has 14 heavy (non-hydrogen) atoms. The van der Waals surface area contributed by atoms with Crippen molar-refractivity contribution < 1.29 is 23.1 Å². The summed E-state index contributed by atoms with van der Waals surface area (Å²) in [6.45, 7) is 0.922. The van der Waals surface area contributed by atoms with E-state index in [4.69, 9.17) is 9.47 Å². The van der Waals surface area contributed by atoms with Gasteiger partial charge in [0.1, 0.15) is 0 Å². The highest BCUT2D eigenvalue weighted by atomic mass is 79.9. The summed E-state index contributed by atoms with van der Waals surface area (Å²) in [6, 6.07) is 0. The van der Waals surface area contributed by atoms with Gasteiger partial charge in [0, 0.05) is 15.2 Å². The lowest BCUT2D eigenvalue weighted by Gasteiger charge is -1.95. The predicted octanol–water partition coefficient (Wildman–Crippen LogP) is 2.42. The molecule has 0 saturated heterocycles. The van der Waals surface area contributed by atoms with Gasteiger partial charge in [0.2, 0.25) is 13.6 Å². The van der Waals surface area contributed by atoms with Crippen LogP contribution < -0.4 is 0 Å². The third-order valence-corrected chi connectivity index (χ3v) is 2.21. The molecule has 0 heterocycles. The maximum Gasteiger partial charge on any atom is 0.702 e. The fourth-order valence-electron chi connectivity index (χ4n) is 0.425. The minimum atomic E-state index is -2.14. The molecule has 0 spiro atoms. The van der Waals surface area contributed by atoms with Gasteiger partial charge in [0.05, 0.1) is 13.2 Å². The van der Waals surface area contributed by atoms with E-state index in [0.29, 0.717) is 23.9 Å². The van der Waals surface area contributed by atoms with Crippen LogP contribution in [-0.2, 0) is 23.1 Å². The molecule has 0 aliphatic rings. The van der Waals surface area contributed by atoms with Crippen molar-refractivity contribution in [2.45, 2.75) is 0 Å². The van der Waals surface area contributed by atoms with Crippen molar-refractivity contribution in [1.82, 2.24) is 0 Å². The zero-order valence-electron chi connectivity index (χ0n) is 7.49. The van der Waals surface area contributed by atoms with Gasteiger partial charge in [-0.25, -0.2) is 0 Å². The smallest absolute Gasteiger partial charge is 0.350 e. The van der Waals surface area contributed by atoms with E-state index in [-0.39, 0.29) is 13.6 Å². The molecule has 0 saturated carbocycles. The van der Waals surface area contributed by atoms with Crippen LogP contribution in [0.5, 0.6) is 0 Å². The van der Waals surface area contributed by atoms with Crippen molar-refractivity contribution in [2.75, 3.05) is 37.5 Å². The second-order valence-corrected chi connectivity index (χ2v) is 4.46. The molecule has 84 valence electrons. The van der Waals surface area contributed by atoms with Gasteiger partial charge < -0.3 is 9.47 Å². The van der Waals surface area contributed by atoms with E-state index in [1.807, 2.05) is 0 Å². The van der Waals surface area contributed by atoms with Crippen molar-refractivity contribution in [2.24, 2.45) is 0 Å². The van der Waals surface area contributed by atoms with E-state index in [9.17, 15) is 4.57 Å². The van der Waals surface area contributed by atoms with Crippen LogP contribution in [0.3, 0.4) is 0 Å². The van der Waals surface area contributed by atoms with E-state index >= 15 is 0 Å². The van der Waals surface area contributed by atoms with Crippen LogP contribution in [0, 0.1) is 0 Å². The maximum absolute atomic E-state index is 10.9. The molecule has 0 bridgehead atoms. The van der Waals surface area contributed by atoms with Gasteiger partial charge >= 0.3 is 8.25 Å². The second kappa shape index (κ2) is 12.0. The van der Waals surface area contributed by atoms with Gasteiger partial charge in [-0.15, -0.1) is 0 Å². The highest BCUT2D eigenvalue weighted by Gasteiger charge is 2.19. The molecule has 0 aliphatic heterocycles. The van der Waals surface area contributed by atoms with E-state index in [0.717, 1.165) is 0 Å². The van der Waals surface area contributed by atoms with Gasteiger partial charge in [0.15, 0.2) is 0 Å². The Kier molecular flexibility index (Phi) is 12.7. The average molecular weight is 355 g/mol. The number of rotatable bonds is 10. The molecule has 0 aromatic carbocycles. The number of hydrogen-bond acceptors (Lipinski definition) is 5. The third kappa shape index (κ3) is 11.0. The first-order chi connectivity index (χ1) is 6.81. The zero-order valence-corrected chi connectivity index (χ0v) is 11.6. The van der Waals surface area contributed by atoms with Crippen LogP contribution in [-0.4, -0.2) is 37.5 Å². The van der Waals surface area contributed by atoms with Gasteiger partial charge in [0.25, 0.3) is 0 Å². The van der Waals surface area contributed by atoms with Crippen LogP contribution in [0.1, 0.15) is 0 Å². The van der Waals surface area contributed by atoms with Crippen molar-refractivity contribution >= 4 is 40.1 Å². The summed E-state index contributed by atoms with van der Waals surface area (Å²) in [4.78, 5) is 0. The molecular weight excluding hydrogens is 343 g/mol. The highest BCUT2D eigenvalue weighted by molar-refractivity contribution is 9.09. The Morgan fingerprint density at radius 1 is 0.929 bits per heavy atom. The molecule has 0 aliphatic carbocycles. The molecule has 0 rings (SSSR count). The summed E-state index contributed by atoms with van der Waals surface area (Å²) < 4.78 is 30.0. The second-order valence-electron chi connectivity index (χ2n) is 1.91. The topological polar surface area (TPSA) is 54.0 Å². The van der Waals surface area contributed by atoms with Crippen molar-refractivity contribution in [1.29, 1.82) is 0 Å². The van der Waals surface area contributed by atoms with Crippen molar-refractivity contribution in [3.05, 3.63) is 0 Å². The van der Waals surface area contributed by atoms with E-state index < -0.39 is 8.25 Å². The Morgan fingerprint density at radius 3 is 1.71 bits per heavy atom. The standard InChI is InChI=1S/C6H12Br2O5P/c7-1-3-10-5-12-14(9)13-6-11-4-2-8/h1-6H2/q+1. The third-order valence-electron chi connectivity index (χ3n) is 0.926. The Balaban J connectivity index is 3.11. The molecule has 0 fully saturated rings. The number of ether oxygens (including phenoxy) is 2. The largest absolute Gasteiger partial charge is 0.702 e. The molecular formula is C6H12Br2O5P+. The van der Waals surface area contributed by atoms with Crippen LogP contribution in [0.4, 0.5) is 0 Å². The monoisotopic (exact) mass is 353 g/mol. The highest BCUT2D eigenvalue weighted by Crippen LogP contribution is 2.22. The Labute approximate surface area is 101 Å². The first-order valence-electron chi connectivity index (χ1n) is 3.81. The quantitative estimate of drug-likeness (QED) is 0.261. The molecule has 0 aromatic heterocycles. The summed E-state index contributed by atoms with van der Waals surface area (Å²) in [5, 5.41) is 1.42. The van der Waals surface area contributed by atoms with Crippen LogP contribution in [0.15, 0.2) is 0 Å². The lowest BCUT2D eigenvalue weighted by atomic mass is 10.9. The predicted molar refractivity (Wildman–Crippen MR) is 59.0 cm³/mol. The Bertz CT molecular complexity index is 134. The summed E-state index contributed by atoms with van der Waals surface area (Å²) >= 11 is 6.33. The number of hydrogen-bond donors (Lipinski definition) is 0. The van der Waals surface area contributed by atoms with Gasteiger partial charge in [-0.2, -0.15) is 0 Å². The molecule has 0 aromatic rings. The SMILES string of the molecule is O=[P+](OCOCCBr)OCOCCBr. The minimum absolute atomic E-state index is 0.0424. The first kappa shape index (κ1) is 14.9. The molecule has 0 radical (unpaired) electrons. The van der Waals surface area contributed by atoms with E-state index in [1.54, 1.807) is 0 Å². The Hall–Kier alpha value is 0.900. The van der Waals surface area contributed by atoms with Gasteiger partial charge in [-0.3, -0.25) is 0 Å². The van der Waals surface area contributed by atoms with Crippen LogP contribution >= 0.6 is 40.1 Å². The van der Waals surface area contributed by atoms with E-state index in [2.05, 4.69) is 40.9 Å². The summed E-state index contributed by atoms with van der Waals surface area (Å²) in [6.07, 6.45) is 0. The van der Waals surface area contributed by atoms with Gasteiger partial charge in [-0.1, -0.05) is 40.9 Å². The average Bonchev–Trinajstić information content (AvgIpc) is 2.19. The lowest BCUT2D eigenvalue weighted by Crippen LogP contribution is -2.01. The molecule has 0 atom stereocenters. The van der Waals surface area contributed by atoms with Crippen LogP contribution in [0.25, 0.3) is 0 Å². The summed E-state index contributed by atoms with van der Waals surface area (Å²) in [5.41, 5.74) is 0. The molecule has 0 amide bonds. The first-order valence-corrected chi connectivity index (χ1v) is 7.15. The minimum Gasteiger partial charge on any atom is -0.350 e. The lowest BCUT2D eigenvalue weighted by molar-refractivity contribution is -0.0106. The fraction of sp³-hybridized carbons (Fsp3) is 1.00. The maximum atomic E-state index is 10.9. The molecule has 0 unspecified atom stereocenters. The Morgan fingerprint density at radius 2 is 1.36 bits per heavy atom. The normalized spacial score (nSPS) is 10.4.